The normalized spacial score (nSPS) is 14.1. The molecule has 0 spiro atoms. The van der Waals surface area contributed by atoms with E-state index in [0.717, 1.165) is 5.82 Å². The summed E-state index contributed by atoms with van der Waals surface area (Å²) in [6.07, 6.45) is 6.97. The van der Waals surface area contributed by atoms with E-state index in [-0.39, 0.29) is 5.69 Å². The quantitative estimate of drug-likeness (QED) is 0.806. The maximum absolute atomic E-state index is 11.2. The Balaban J connectivity index is 1.63. The monoisotopic (exact) mass is 274 g/mol. The molecule has 0 amide bonds. The highest BCUT2D eigenvalue weighted by Crippen LogP contribution is 2.35. The molecule has 3 rings (SSSR count). The van der Waals surface area contributed by atoms with Crippen molar-refractivity contribution < 1.29 is 9.53 Å². The Labute approximate surface area is 115 Å². The van der Waals surface area contributed by atoms with Gasteiger partial charge < -0.3 is 14.6 Å². The van der Waals surface area contributed by atoms with Crippen LogP contribution in [0.3, 0.4) is 0 Å². The van der Waals surface area contributed by atoms with Gasteiger partial charge in [-0.05, 0) is 12.8 Å². The average Bonchev–Trinajstić information content (AvgIpc) is 3.23. The van der Waals surface area contributed by atoms with Crippen LogP contribution in [0.2, 0.25) is 0 Å². The molecule has 104 valence electrons. The lowest BCUT2D eigenvalue weighted by molar-refractivity contribution is 0.0593. The Hall–Kier alpha value is -2.51. The van der Waals surface area contributed by atoms with Gasteiger partial charge in [0, 0.05) is 6.04 Å². The van der Waals surface area contributed by atoms with Crippen molar-refractivity contribution in [3.8, 4) is 0 Å². The number of ether oxygens (including phenoxy) is 1. The first-order valence-electron chi connectivity index (χ1n) is 6.30. The van der Waals surface area contributed by atoms with E-state index in [0.29, 0.717) is 18.4 Å². The van der Waals surface area contributed by atoms with Gasteiger partial charge in [-0.2, -0.15) is 0 Å². The van der Waals surface area contributed by atoms with Crippen molar-refractivity contribution in [2.75, 3.05) is 12.4 Å². The molecule has 8 nitrogen and oxygen atoms in total. The summed E-state index contributed by atoms with van der Waals surface area (Å²) in [7, 11) is 1.31. The molecule has 0 aliphatic heterocycles. The lowest BCUT2D eigenvalue weighted by Crippen LogP contribution is -2.10. The van der Waals surface area contributed by atoms with Crippen molar-refractivity contribution in [2.45, 2.75) is 25.4 Å². The third-order valence-corrected chi connectivity index (χ3v) is 3.06. The highest BCUT2D eigenvalue weighted by molar-refractivity contribution is 5.86. The molecule has 1 aliphatic rings. The second-order valence-electron chi connectivity index (χ2n) is 4.52. The summed E-state index contributed by atoms with van der Waals surface area (Å²) in [5.41, 5.74) is 0.180. The van der Waals surface area contributed by atoms with Crippen molar-refractivity contribution in [3.05, 3.63) is 30.2 Å². The molecule has 0 bridgehead atoms. The van der Waals surface area contributed by atoms with Crippen molar-refractivity contribution >= 4 is 11.8 Å². The highest BCUT2D eigenvalue weighted by atomic mass is 16.5. The van der Waals surface area contributed by atoms with Crippen LogP contribution in [-0.2, 0) is 11.3 Å². The first kappa shape index (κ1) is 12.5. The van der Waals surface area contributed by atoms with E-state index in [1.165, 1.54) is 32.3 Å². The van der Waals surface area contributed by atoms with Crippen molar-refractivity contribution in [1.82, 2.24) is 24.7 Å². The van der Waals surface area contributed by atoms with Gasteiger partial charge in [0.1, 0.15) is 12.1 Å². The van der Waals surface area contributed by atoms with Gasteiger partial charge in [0.05, 0.1) is 26.0 Å². The fourth-order valence-electron chi connectivity index (χ4n) is 1.85. The standard InChI is InChI=1S/C12H14N6O2/c1-20-12(19)9-4-14-10(5-13-9)15-6-11-17-16-7-18(11)8-2-3-8/h4-5,7-8H,2-3,6H2,1H3,(H,14,15). The summed E-state index contributed by atoms with van der Waals surface area (Å²) in [6, 6.07) is 0.537. The van der Waals surface area contributed by atoms with Crippen LogP contribution >= 0.6 is 0 Å². The molecule has 1 fully saturated rings. The number of methoxy groups -OCH3 is 1. The summed E-state index contributed by atoms with van der Waals surface area (Å²) >= 11 is 0. The van der Waals surface area contributed by atoms with E-state index >= 15 is 0 Å². The minimum absolute atomic E-state index is 0.180. The van der Waals surface area contributed by atoms with Crippen LogP contribution in [0.5, 0.6) is 0 Å². The van der Waals surface area contributed by atoms with Gasteiger partial charge in [-0.1, -0.05) is 0 Å². The number of nitrogens with one attached hydrogen (secondary N) is 1. The highest BCUT2D eigenvalue weighted by Gasteiger charge is 2.25. The Morgan fingerprint density at radius 1 is 1.45 bits per heavy atom. The van der Waals surface area contributed by atoms with Crippen LogP contribution in [-0.4, -0.2) is 37.8 Å². The molecule has 8 heteroatoms. The third-order valence-electron chi connectivity index (χ3n) is 3.06. The molecular formula is C12H14N6O2. The maximum Gasteiger partial charge on any atom is 0.358 e. The first-order chi connectivity index (χ1) is 9.78. The predicted octanol–water partition coefficient (Wildman–Crippen LogP) is 0.802. The maximum atomic E-state index is 11.2. The molecule has 1 saturated carbocycles. The fraction of sp³-hybridized carbons (Fsp3) is 0.417. The SMILES string of the molecule is COC(=O)c1cnc(NCc2nncn2C2CC2)cn1. The summed E-state index contributed by atoms with van der Waals surface area (Å²) < 4.78 is 6.63. The third kappa shape index (κ3) is 2.58. The number of carbonyl (C=O) groups excluding carboxylic acids is 1. The minimum Gasteiger partial charge on any atom is -0.464 e. The zero-order valence-electron chi connectivity index (χ0n) is 11.0. The molecule has 0 radical (unpaired) electrons. The number of rotatable bonds is 5. The van der Waals surface area contributed by atoms with Crippen LogP contribution in [0, 0.1) is 0 Å². The first-order valence-corrected chi connectivity index (χ1v) is 6.30. The van der Waals surface area contributed by atoms with Crippen molar-refractivity contribution in [3.63, 3.8) is 0 Å². The van der Waals surface area contributed by atoms with Gasteiger partial charge >= 0.3 is 5.97 Å². The smallest absolute Gasteiger partial charge is 0.358 e. The number of hydrogen-bond donors (Lipinski definition) is 1. The number of esters is 1. The molecule has 1 aliphatic carbocycles. The largest absolute Gasteiger partial charge is 0.464 e. The van der Waals surface area contributed by atoms with E-state index in [4.69, 9.17) is 0 Å². The van der Waals surface area contributed by atoms with Gasteiger partial charge in [0.25, 0.3) is 0 Å². The lowest BCUT2D eigenvalue weighted by Gasteiger charge is -2.07. The lowest BCUT2D eigenvalue weighted by atomic mass is 10.4. The molecule has 0 atom stereocenters. The summed E-state index contributed by atoms with van der Waals surface area (Å²) in [6.45, 7) is 0.517. The van der Waals surface area contributed by atoms with E-state index in [2.05, 4.69) is 34.8 Å². The number of carbonyl (C=O) groups is 1. The number of nitrogens with zero attached hydrogens (tertiary/aromatic N) is 5. The van der Waals surface area contributed by atoms with Crippen LogP contribution in [0.4, 0.5) is 5.82 Å². The minimum atomic E-state index is -0.502. The zero-order chi connectivity index (χ0) is 13.9. The van der Waals surface area contributed by atoms with Crippen LogP contribution in [0.15, 0.2) is 18.7 Å². The van der Waals surface area contributed by atoms with Gasteiger partial charge in [0.15, 0.2) is 11.5 Å². The van der Waals surface area contributed by atoms with Crippen LogP contribution < -0.4 is 5.32 Å². The van der Waals surface area contributed by atoms with Gasteiger partial charge in [-0.3, -0.25) is 0 Å². The van der Waals surface area contributed by atoms with E-state index in [9.17, 15) is 4.79 Å². The van der Waals surface area contributed by atoms with Gasteiger partial charge in [0.2, 0.25) is 0 Å². The van der Waals surface area contributed by atoms with E-state index in [1.807, 2.05) is 0 Å². The molecular weight excluding hydrogens is 260 g/mol. The topological polar surface area (TPSA) is 94.8 Å². The Kier molecular flexibility index (Phi) is 3.28. The number of hydrogen-bond acceptors (Lipinski definition) is 7. The molecule has 2 heterocycles. The number of aromatic nitrogens is 5. The predicted molar refractivity (Wildman–Crippen MR) is 69.0 cm³/mol. The summed E-state index contributed by atoms with van der Waals surface area (Å²) in [4.78, 5) is 19.3. The van der Waals surface area contributed by atoms with E-state index < -0.39 is 5.97 Å². The molecule has 0 unspecified atom stereocenters. The molecule has 0 saturated heterocycles. The second kappa shape index (κ2) is 5.24. The average molecular weight is 274 g/mol. The molecule has 2 aromatic heterocycles. The summed E-state index contributed by atoms with van der Waals surface area (Å²) in [5, 5.41) is 11.1. The summed E-state index contributed by atoms with van der Waals surface area (Å²) in [5.74, 6) is 0.937. The van der Waals surface area contributed by atoms with Crippen molar-refractivity contribution in [1.29, 1.82) is 0 Å². The molecule has 0 aromatic carbocycles. The Morgan fingerprint density at radius 3 is 2.95 bits per heavy atom. The van der Waals surface area contributed by atoms with Crippen LogP contribution in [0.25, 0.3) is 0 Å². The number of anilines is 1. The van der Waals surface area contributed by atoms with Crippen molar-refractivity contribution in [2.24, 2.45) is 0 Å². The Morgan fingerprint density at radius 2 is 2.30 bits per heavy atom. The van der Waals surface area contributed by atoms with Crippen LogP contribution in [0.1, 0.15) is 35.2 Å². The Bertz CT molecular complexity index is 605. The van der Waals surface area contributed by atoms with Gasteiger partial charge in [-0.25, -0.2) is 14.8 Å². The molecule has 1 N–H and O–H groups in total. The van der Waals surface area contributed by atoms with Gasteiger partial charge in [-0.15, -0.1) is 10.2 Å². The molecule has 20 heavy (non-hydrogen) atoms. The second-order valence-corrected chi connectivity index (χ2v) is 4.52. The molecule has 2 aromatic rings. The fourth-order valence-corrected chi connectivity index (χ4v) is 1.85. The zero-order valence-corrected chi connectivity index (χ0v) is 11.0. The van der Waals surface area contributed by atoms with E-state index in [1.54, 1.807) is 6.33 Å².